The summed E-state index contributed by atoms with van der Waals surface area (Å²) in [6, 6.07) is 9.13. The Bertz CT molecular complexity index is 3020. The molecule has 2 aromatic carbocycles. The van der Waals surface area contributed by atoms with Gasteiger partial charge in [-0.15, -0.1) is 0 Å². The quantitative estimate of drug-likeness (QED) is 0.0290. The predicted molar refractivity (Wildman–Crippen MR) is 265 cm³/mol. The van der Waals surface area contributed by atoms with Gasteiger partial charge in [0.25, 0.3) is 16.0 Å². The Balaban J connectivity index is 0.910. The number of allylic oxidation sites excluding steroid dienone is 6. The van der Waals surface area contributed by atoms with E-state index < -0.39 is 61.5 Å². The van der Waals surface area contributed by atoms with Gasteiger partial charge in [0, 0.05) is 73.5 Å². The molecule has 0 radical (unpaired) electrons. The summed E-state index contributed by atoms with van der Waals surface area (Å²) in [7, 11) is -9.07. The number of hydrogen-bond acceptors (Lipinski definition) is 15. The van der Waals surface area contributed by atoms with Crippen LogP contribution in [0.25, 0.3) is 11.2 Å². The van der Waals surface area contributed by atoms with Crippen molar-refractivity contribution in [1.29, 1.82) is 0 Å². The summed E-state index contributed by atoms with van der Waals surface area (Å²) in [6.45, 7) is 14.3. The minimum absolute atomic E-state index is 0.0532. The fourth-order valence-corrected chi connectivity index (χ4v) is 10.6. The summed E-state index contributed by atoms with van der Waals surface area (Å²) in [5.74, 6) is -0.123. The maximum absolute atomic E-state index is 12.8. The minimum atomic E-state index is -4.69. The summed E-state index contributed by atoms with van der Waals surface area (Å²) in [6.07, 6.45) is 11.2. The molecule has 4 aromatic rings. The first kappa shape index (κ1) is 52.9. The number of benzene rings is 2. The Morgan fingerprint density at radius 3 is 2.32 bits per heavy atom. The lowest BCUT2D eigenvalue weighted by atomic mass is 9.81. The molecule has 22 heteroatoms. The third-order valence-corrected chi connectivity index (χ3v) is 15.0. The van der Waals surface area contributed by atoms with Crippen molar-refractivity contribution in [2.45, 2.75) is 125 Å². The van der Waals surface area contributed by atoms with E-state index in [0.717, 1.165) is 41.1 Å². The molecule has 1 fully saturated rings. The van der Waals surface area contributed by atoms with Gasteiger partial charge in [0.1, 0.15) is 35.2 Å². The molecular formula is C49H63N9O11S2. The molecule has 0 saturated carbocycles. The van der Waals surface area contributed by atoms with Crippen LogP contribution in [-0.4, -0.2) is 129 Å². The highest BCUT2D eigenvalue weighted by Crippen LogP contribution is 2.48. The number of rotatable bonds is 21. The molecule has 0 spiro atoms. The number of fused-ring (bicyclic) bond motifs is 3. The highest BCUT2D eigenvalue weighted by atomic mass is 32.2. The van der Waals surface area contributed by atoms with E-state index >= 15 is 0 Å². The van der Waals surface area contributed by atoms with Crippen molar-refractivity contribution in [3.8, 4) is 0 Å². The van der Waals surface area contributed by atoms with Gasteiger partial charge in [-0.05, 0) is 89.3 Å². The maximum Gasteiger partial charge on any atom is 0.294 e. The minimum Gasteiger partial charge on any atom is -0.744 e. The van der Waals surface area contributed by atoms with Crippen molar-refractivity contribution in [3.05, 3.63) is 96.3 Å². The van der Waals surface area contributed by atoms with E-state index in [1.807, 2.05) is 56.1 Å². The van der Waals surface area contributed by atoms with E-state index in [4.69, 9.17) is 4.74 Å². The maximum atomic E-state index is 12.8. The van der Waals surface area contributed by atoms with Crippen LogP contribution in [0.3, 0.4) is 0 Å². The molecule has 7 rings (SSSR count). The third kappa shape index (κ3) is 11.1. The van der Waals surface area contributed by atoms with Crippen molar-refractivity contribution in [2.24, 2.45) is 0 Å². The van der Waals surface area contributed by atoms with Crippen molar-refractivity contribution in [2.75, 3.05) is 42.9 Å². The number of carbonyl (C=O) groups excluding carboxylic acids is 2. The molecule has 5 heterocycles. The number of ether oxygens (including phenoxy) is 1. The van der Waals surface area contributed by atoms with Crippen molar-refractivity contribution in [1.82, 2.24) is 30.2 Å². The van der Waals surface area contributed by atoms with Crippen LogP contribution in [0.15, 0.2) is 94.9 Å². The molecule has 2 aromatic heterocycles. The third-order valence-electron chi connectivity index (χ3n) is 13.3. The Hall–Kier alpha value is -5.88. The van der Waals surface area contributed by atoms with E-state index in [1.165, 1.54) is 41.5 Å². The van der Waals surface area contributed by atoms with Crippen molar-refractivity contribution in [3.63, 3.8) is 0 Å². The first-order valence-electron chi connectivity index (χ1n) is 23.8. The van der Waals surface area contributed by atoms with Crippen LogP contribution < -0.4 is 20.9 Å². The monoisotopic (exact) mass is 1020 g/mol. The molecule has 20 nitrogen and oxygen atoms in total. The van der Waals surface area contributed by atoms with Gasteiger partial charge in [-0.3, -0.25) is 18.7 Å². The van der Waals surface area contributed by atoms with Gasteiger partial charge in [0.15, 0.2) is 35.0 Å². The standard InChI is InChI=1S/C49H63N9O11S2/c1-7-50-46(62)43-41(60)42(61)47(69-43)58-30-55-40-44(53-29-54-45(40)58)52-25-15-14-24-51-39(59)19-13-10-16-26-57-35-23-21-31(70(63,64)65)27-34(35)49(5,6)38(57)18-12-9-11-17-37-48(3,4)33-22-20-32(71(66,67)68)28-36(33)56(37)8-2/h9,11-12,17-18,20-23,27-30,41-43,47,60-61H,7-8,10,13-16,19,24-26H2,1-6H3,(H4-,50,51,52,53,54,59,62,63,64,65,66,67,68)/t41-,42+,43-,47+/m0/s1. The molecule has 0 bridgehead atoms. The second-order valence-corrected chi connectivity index (χ2v) is 21.6. The van der Waals surface area contributed by atoms with Crippen molar-refractivity contribution >= 4 is 66.1 Å². The lowest BCUT2D eigenvalue weighted by Crippen LogP contribution is -2.42. The van der Waals surface area contributed by atoms with E-state index in [1.54, 1.807) is 19.1 Å². The highest BCUT2D eigenvalue weighted by molar-refractivity contribution is 7.86. The summed E-state index contributed by atoms with van der Waals surface area (Å²) < 4.78 is 79.0. The predicted octanol–water partition coefficient (Wildman–Crippen LogP) is 4.49. The zero-order valence-corrected chi connectivity index (χ0v) is 42.3. The number of nitrogens with one attached hydrogen (secondary N) is 3. The molecule has 4 atom stereocenters. The van der Waals surface area contributed by atoms with Crippen molar-refractivity contribution < 1.29 is 55.1 Å². The summed E-state index contributed by atoms with van der Waals surface area (Å²) >= 11 is 0. The van der Waals surface area contributed by atoms with Gasteiger partial charge in [-0.1, -0.05) is 38.1 Å². The lowest BCUT2D eigenvalue weighted by Gasteiger charge is -2.25. The molecule has 3 aliphatic heterocycles. The van der Waals surface area contributed by atoms with Gasteiger partial charge >= 0.3 is 0 Å². The number of anilines is 2. The molecule has 0 unspecified atom stereocenters. The zero-order valence-electron chi connectivity index (χ0n) is 40.7. The van der Waals surface area contributed by atoms with Crippen LogP contribution >= 0.6 is 0 Å². The Morgan fingerprint density at radius 1 is 0.859 bits per heavy atom. The molecule has 71 heavy (non-hydrogen) atoms. The largest absolute Gasteiger partial charge is 0.744 e. The zero-order chi connectivity index (χ0) is 51.5. The average molecular weight is 1020 g/mol. The molecule has 2 amide bonds. The van der Waals surface area contributed by atoms with Crippen LogP contribution in [0, 0.1) is 0 Å². The fourth-order valence-electron chi connectivity index (χ4n) is 9.63. The summed E-state index contributed by atoms with van der Waals surface area (Å²) in [5, 5.41) is 30.0. The Morgan fingerprint density at radius 2 is 1.61 bits per heavy atom. The van der Waals surface area contributed by atoms with Gasteiger partial charge in [-0.25, -0.2) is 23.4 Å². The lowest BCUT2D eigenvalue weighted by molar-refractivity contribution is -0.438. The van der Waals surface area contributed by atoms with Gasteiger partial charge in [0.2, 0.25) is 11.6 Å². The Labute approximate surface area is 414 Å². The number of imidazole rings is 1. The first-order valence-corrected chi connectivity index (χ1v) is 26.6. The van der Waals surface area contributed by atoms with Crippen LogP contribution in [0.1, 0.15) is 97.4 Å². The number of unbranched alkanes of at least 4 members (excludes halogenated alkanes) is 3. The van der Waals surface area contributed by atoms with Crippen LogP contribution in [-0.2, 0) is 45.4 Å². The van der Waals surface area contributed by atoms with Crippen LogP contribution in [0.5, 0.6) is 0 Å². The van der Waals surface area contributed by atoms with Gasteiger partial charge in [-0.2, -0.15) is 13.0 Å². The molecule has 6 N–H and O–H groups in total. The number of likely N-dealkylation sites (N-methyl/N-ethyl adjacent to an activating group) is 2. The topological polar surface area (TPSA) is 281 Å². The van der Waals surface area contributed by atoms with Gasteiger partial charge < -0.3 is 40.4 Å². The summed E-state index contributed by atoms with van der Waals surface area (Å²) in [5.41, 5.74) is 4.70. The smallest absolute Gasteiger partial charge is 0.294 e. The number of hydrogen-bond donors (Lipinski definition) is 6. The number of aliphatic hydroxyl groups is 2. The molecule has 1 saturated heterocycles. The SMILES string of the molecule is CCNC(=O)[C@H]1O[C@@H](n2cnc3c(NCCCCNC(=O)CCCCC[N+]4=C(\C=C/C=C/C=C5/N(CC)c6cc(S(=O)(=O)O)ccc6C5(C)C)C(C)(C)c5cc(S(=O)(=O)[O-])ccc54)ncnc32)[C@H](O)[C@@H]1O. The molecule has 0 aliphatic carbocycles. The number of carbonyl (C=O) groups is 2. The molecular weight excluding hydrogens is 955 g/mol. The van der Waals surface area contributed by atoms with Crippen LogP contribution in [0.2, 0.25) is 0 Å². The first-order chi connectivity index (χ1) is 33.6. The van der Waals surface area contributed by atoms with E-state index in [-0.39, 0.29) is 15.7 Å². The van der Waals surface area contributed by atoms with E-state index in [0.29, 0.717) is 81.1 Å². The van der Waals surface area contributed by atoms with Crippen LogP contribution in [0.4, 0.5) is 17.2 Å². The average Bonchev–Trinajstić information content (AvgIpc) is 4.00. The number of aromatic nitrogens is 4. The second kappa shape index (κ2) is 21.5. The number of amides is 2. The normalized spacial score (nSPS) is 21.2. The summed E-state index contributed by atoms with van der Waals surface area (Å²) in [4.78, 5) is 39.7. The van der Waals surface area contributed by atoms with E-state index in [2.05, 4.69) is 49.3 Å². The Kier molecular flexibility index (Phi) is 16.0. The molecule has 382 valence electrons. The number of aliphatic hydroxyl groups excluding tert-OH is 2. The second-order valence-electron chi connectivity index (χ2n) is 18.8. The van der Waals surface area contributed by atoms with Gasteiger partial charge in [0.05, 0.1) is 21.5 Å². The highest BCUT2D eigenvalue weighted by Gasteiger charge is 2.48. The van der Waals surface area contributed by atoms with E-state index in [9.17, 15) is 45.7 Å². The number of nitrogens with zero attached hydrogens (tertiary/aromatic N) is 6. The fraction of sp³-hybridized carbons (Fsp3) is 0.469. The molecule has 3 aliphatic rings.